The zero-order chi connectivity index (χ0) is 21.6. The fourth-order valence-electron chi connectivity index (χ4n) is 2.26. The number of nitrogens with zero attached hydrogens (tertiary/aromatic N) is 1. The van der Waals surface area contributed by atoms with Crippen molar-refractivity contribution in [2.24, 2.45) is 0 Å². The van der Waals surface area contributed by atoms with Crippen LogP contribution in [0.1, 0.15) is 49.5 Å². The first kappa shape index (κ1) is 22.5. The zero-order valence-corrected chi connectivity index (χ0v) is 17.9. The van der Waals surface area contributed by atoms with E-state index in [0.29, 0.717) is 22.0 Å². The SMILES string of the molecule is Cc1cc(CSc2ccccc2C(=O)O[C@H](C)C(=O)NC(=O)NC(C)(C)C)no1. The van der Waals surface area contributed by atoms with Crippen molar-refractivity contribution in [2.45, 2.75) is 56.9 Å². The number of esters is 1. The predicted octanol–water partition coefficient (Wildman–Crippen LogP) is 3.44. The molecular weight excluding hydrogens is 394 g/mol. The number of carbonyl (C=O) groups is 3. The van der Waals surface area contributed by atoms with Crippen LogP contribution < -0.4 is 10.6 Å². The number of hydrogen-bond donors (Lipinski definition) is 2. The molecule has 1 aromatic heterocycles. The molecule has 0 bridgehead atoms. The van der Waals surface area contributed by atoms with E-state index in [9.17, 15) is 14.4 Å². The summed E-state index contributed by atoms with van der Waals surface area (Å²) < 4.78 is 10.3. The monoisotopic (exact) mass is 419 g/mol. The lowest BCUT2D eigenvalue weighted by Gasteiger charge is -2.21. The van der Waals surface area contributed by atoms with E-state index >= 15 is 0 Å². The van der Waals surface area contributed by atoms with Crippen molar-refractivity contribution < 1.29 is 23.6 Å². The van der Waals surface area contributed by atoms with Crippen LogP contribution in [0, 0.1) is 6.92 Å². The number of carbonyl (C=O) groups excluding carboxylic acids is 3. The van der Waals surface area contributed by atoms with Crippen molar-refractivity contribution in [3.05, 3.63) is 47.3 Å². The molecule has 156 valence electrons. The molecule has 3 amide bonds. The largest absolute Gasteiger partial charge is 0.449 e. The summed E-state index contributed by atoms with van der Waals surface area (Å²) in [5.74, 6) is -0.125. The number of aryl methyl sites for hydroxylation is 1. The van der Waals surface area contributed by atoms with Crippen molar-refractivity contribution in [2.75, 3.05) is 0 Å². The molecule has 0 aliphatic carbocycles. The minimum Gasteiger partial charge on any atom is -0.449 e. The first-order valence-electron chi connectivity index (χ1n) is 9.03. The van der Waals surface area contributed by atoms with Gasteiger partial charge < -0.3 is 14.6 Å². The lowest BCUT2D eigenvalue weighted by molar-refractivity contribution is -0.127. The highest BCUT2D eigenvalue weighted by molar-refractivity contribution is 7.98. The number of aromatic nitrogens is 1. The molecular formula is C20H25N3O5S. The Balaban J connectivity index is 1.97. The molecule has 2 N–H and O–H groups in total. The number of nitrogens with one attached hydrogen (secondary N) is 2. The van der Waals surface area contributed by atoms with Crippen LogP contribution >= 0.6 is 11.8 Å². The highest BCUT2D eigenvalue weighted by Crippen LogP contribution is 2.27. The maximum Gasteiger partial charge on any atom is 0.340 e. The van der Waals surface area contributed by atoms with Gasteiger partial charge in [-0.2, -0.15) is 0 Å². The van der Waals surface area contributed by atoms with Crippen molar-refractivity contribution in [1.29, 1.82) is 0 Å². The van der Waals surface area contributed by atoms with Crippen molar-refractivity contribution in [3.8, 4) is 0 Å². The summed E-state index contributed by atoms with van der Waals surface area (Å²) in [6.07, 6.45) is -1.13. The second-order valence-electron chi connectivity index (χ2n) is 7.45. The maximum absolute atomic E-state index is 12.6. The molecule has 2 rings (SSSR count). The Morgan fingerprint density at radius 3 is 2.55 bits per heavy atom. The summed E-state index contributed by atoms with van der Waals surface area (Å²) in [5, 5.41) is 8.70. The molecule has 0 aliphatic heterocycles. The molecule has 0 radical (unpaired) electrons. The Hall–Kier alpha value is -2.81. The lowest BCUT2D eigenvalue weighted by Crippen LogP contribution is -2.50. The molecule has 9 heteroatoms. The summed E-state index contributed by atoms with van der Waals surface area (Å²) in [7, 11) is 0. The standard InChI is InChI=1S/C20H25N3O5S/c1-12-10-14(23-28-12)11-29-16-9-7-6-8-15(16)18(25)27-13(2)17(24)21-19(26)22-20(3,4)5/h6-10,13H,11H2,1-5H3,(H2,21,22,24,26)/t13-/m1/s1. The molecule has 1 heterocycles. The number of amides is 3. The minimum absolute atomic E-state index is 0.330. The number of hydrogen-bond acceptors (Lipinski definition) is 7. The first-order chi connectivity index (χ1) is 13.5. The van der Waals surface area contributed by atoms with E-state index in [1.165, 1.54) is 18.7 Å². The van der Waals surface area contributed by atoms with Crippen LogP contribution in [0.3, 0.4) is 0 Å². The van der Waals surface area contributed by atoms with Crippen LogP contribution in [0.15, 0.2) is 39.8 Å². The summed E-state index contributed by atoms with van der Waals surface area (Å²) in [6.45, 7) is 8.58. The maximum atomic E-state index is 12.6. The summed E-state index contributed by atoms with van der Waals surface area (Å²) in [6, 6.07) is 8.10. The quantitative estimate of drug-likeness (QED) is 0.545. The smallest absolute Gasteiger partial charge is 0.340 e. The first-order valence-corrected chi connectivity index (χ1v) is 10.0. The van der Waals surface area contributed by atoms with E-state index in [1.807, 2.05) is 6.07 Å². The Morgan fingerprint density at radius 1 is 1.24 bits per heavy atom. The molecule has 0 aliphatic rings. The number of imide groups is 1. The van der Waals surface area contributed by atoms with E-state index in [4.69, 9.17) is 9.26 Å². The van der Waals surface area contributed by atoms with Gasteiger partial charge in [-0.15, -0.1) is 11.8 Å². The van der Waals surface area contributed by atoms with Crippen LogP contribution in [0.5, 0.6) is 0 Å². The second kappa shape index (κ2) is 9.60. The van der Waals surface area contributed by atoms with Crippen molar-refractivity contribution in [3.63, 3.8) is 0 Å². The highest BCUT2D eigenvalue weighted by Gasteiger charge is 2.23. The van der Waals surface area contributed by atoms with Gasteiger partial charge in [-0.05, 0) is 46.8 Å². The van der Waals surface area contributed by atoms with Crippen LogP contribution in [-0.2, 0) is 15.3 Å². The Kier molecular flexibility index (Phi) is 7.44. The van der Waals surface area contributed by atoms with Gasteiger partial charge in [0.1, 0.15) is 5.76 Å². The van der Waals surface area contributed by atoms with Gasteiger partial charge in [0.2, 0.25) is 0 Å². The van der Waals surface area contributed by atoms with E-state index in [2.05, 4.69) is 15.8 Å². The molecule has 0 spiro atoms. The zero-order valence-electron chi connectivity index (χ0n) is 17.1. The third kappa shape index (κ3) is 7.26. The van der Waals surface area contributed by atoms with E-state index in [-0.39, 0.29) is 0 Å². The van der Waals surface area contributed by atoms with Gasteiger partial charge in [0.15, 0.2) is 6.10 Å². The molecule has 1 aromatic carbocycles. The Labute approximate surface area is 173 Å². The Bertz CT molecular complexity index is 888. The van der Waals surface area contributed by atoms with Crippen LogP contribution in [0.4, 0.5) is 4.79 Å². The highest BCUT2D eigenvalue weighted by atomic mass is 32.2. The van der Waals surface area contributed by atoms with Crippen molar-refractivity contribution >= 4 is 29.7 Å². The molecule has 0 unspecified atom stereocenters. The van der Waals surface area contributed by atoms with Gasteiger partial charge in [-0.3, -0.25) is 10.1 Å². The van der Waals surface area contributed by atoms with Gasteiger partial charge in [0, 0.05) is 22.3 Å². The summed E-state index contributed by atoms with van der Waals surface area (Å²) in [5.41, 5.74) is 0.591. The number of thioether (sulfide) groups is 1. The van der Waals surface area contributed by atoms with E-state index in [1.54, 1.807) is 52.0 Å². The molecule has 0 saturated carbocycles. The number of ether oxygens (including phenoxy) is 1. The molecule has 2 aromatic rings. The number of benzene rings is 1. The average molecular weight is 420 g/mol. The van der Waals surface area contributed by atoms with E-state index in [0.717, 1.165) is 5.69 Å². The number of urea groups is 1. The van der Waals surface area contributed by atoms with Crippen LogP contribution in [-0.4, -0.2) is 34.7 Å². The van der Waals surface area contributed by atoms with E-state index < -0.39 is 29.6 Å². The fourth-order valence-corrected chi connectivity index (χ4v) is 3.18. The van der Waals surface area contributed by atoms with Crippen LogP contribution in [0.2, 0.25) is 0 Å². The molecule has 0 saturated heterocycles. The number of rotatable bonds is 6. The van der Waals surface area contributed by atoms with Gasteiger partial charge in [-0.1, -0.05) is 17.3 Å². The second-order valence-corrected chi connectivity index (χ2v) is 8.47. The third-order valence-electron chi connectivity index (χ3n) is 3.54. The normalized spacial score (nSPS) is 12.2. The summed E-state index contributed by atoms with van der Waals surface area (Å²) in [4.78, 5) is 37.2. The molecule has 29 heavy (non-hydrogen) atoms. The predicted molar refractivity (Wildman–Crippen MR) is 109 cm³/mol. The average Bonchev–Trinajstić information content (AvgIpc) is 3.03. The lowest BCUT2D eigenvalue weighted by atomic mass is 10.1. The van der Waals surface area contributed by atoms with Gasteiger partial charge >= 0.3 is 12.0 Å². The van der Waals surface area contributed by atoms with Gasteiger partial charge in [0.25, 0.3) is 5.91 Å². The molecule has 0 fully saturated rings. The van der Waals surface area contributed by atoms with Gasteiger partial charge in [-0.25, -0.2) is 9.59 Å². The Morgan fingerprint density at radius 2 is 1.93 bits per heavy atom. The molecule has 1 atom stereocenters. The van der Waals surface area contributed by atoms with Gasteiger partial charge in [0.05, 0.1) is 11.3 Å². The summed E-state index contributed by atoms with van der Waals surface area (Å²) >= 11 is 1.41. The topological polar surface area (TPSA) is 111 Å². The van der Waals surface area contributed by atoms with Crippen LogP contribution in [0.25, 0.3) is 0 Å². The fraction of sp³-hybridized carbons (Fsp3) is 0.400. The van der Waals surface area contributed by atoms with Crippen molar-refractivity contribution in [1.82, 2.24) is 15.8 Å². The third-order valence-corrected chi connectivity index (χ3v) is 4.64. The molecule has 8 nitrogen and oxygen atoms in total. The minimum atomic E-state index is -1.13.